The second-order valence-electron chi connectivity index (χ2n) is 6.68. The number of amides is 1. The molecular formula is C21H21N3O2. The van der Waals surface area contributed by atoms with Gasteiger partial charge < -0.3 is 9.64 Å². The Hall–Kier alpha value is -3.08. The lowest BCUT2D eigenvalue weighted by Crippen LogP contribution is -2.46. The maximum atomic E-state index is 13.0. The van der Waals surface area contributed by atoms with E-state index in [0.29, 0.717) is 24.7 Å². The van der Waals surface area contributed by atoms with Gasteiger partial charge in [-0.2, -0.15) is 0 Å². The number of carbonyl (C=O) groups is 1. The molecule has 0 saturated carbocycles. The van der Waals surface area contributed by atoms with E-state index in [1.54, 1.807) is 10.7 Å². The molecular weight excluding hydrogens is 326 g/mol. The molecule has 1 aliphatic rings. The maximum absolute atomic E-state index is 13.0. The topological polar surface area (TPSA) is 47.4 Å². The monoisotopic (exact) mass is 347 g/mol. The predicted octanol–water partition coefficient (Wildman–Crippen LogP) is 3.82. The second-order valence-corrected chi connectivity index (χ2v) is 6.68. The third kappa shape index (κ3) is 3.08. The first-order valence-corrected chi connectivity index (χ1v) is 8.76. The Kier molecular flexibility index (Phi) is 4.21. The van der Waals surface area contributed by atoms with Gasteiger partial charge in [0.25, 0.3) is 5.91 Å². The van der Waals surface area contributed by atoms with E-state index in [1.165, 1.54) is 5.56 Å². The lowest BCUT2D eigenvalue weighted by Gasteiger charge is -2.33. The van der Waals surface area contributed by atoms with E-state index in [9.17, 15) is 4.79 Å². The molecule has 5 nitrogen and oxygen atoms in total. The molecule has 1 aliphatic heterocycles. The largest absolute Gasteiger partial charge is 0.472 e. The van der Waals surface area contributed by atoms with Crippen molar-refractivity contribution in [1.82, 2.24) is 9.78 Å². The molecule has 0 radical (unpaired) electrons. The number of carbonyl (C=O) groups excluding carboxylic acids is 1. The standard InChI is InChI=1S/C21H21N3O2/c1-15-8-10-18(11-9-15)24-16(2)13-23-19(21(24)25)12-20(22-23)26-14-17-6-4-3-5-7-17/h3-12,16H,13-14H2,1-2H3/t16-/m1/s1. The summed E-state index contributed by atoms with van der Waals surface area (Å²) in [4.78, 5) is 14.8. The fourth-order valence-electron chi connectivity index (χ4n) is 3.24. The van der Waals surface area contributed by atoms with E-state index >= 15 is 0 Å². The van der Waals surface area contributed by atoms with Crippen molar-refractivity contribution in [3.8, 4) is 5.88 Å². The Balaban J connectivity index is 1.56. The molecule has 132 valence electrons. The molecule has 4 rings (SSSR count). The Morgan fingerprint density at radius 2 is 1.85 bits per heavy atom. The molecule has 3 aromatic rings. The van der Waals surface area contributed by atoms with Crippen molar-refractivity contribution in [3.63, 3.8) is 0 Å². The zero-order chi connectivity index (χ0) is 18.1. The Bertz CT molecular complexity index is 916. The van der Waals surface area contributed by atoms with Crippen molar-refractivity contribution in [1.29, 1.82) is 0 Å². The van der Waals surface area contributed by atoms with Crippen molar-refractivity contribution in [2.75, 3.05) is 4.90 Å². The van der Waals surface area contributed by atoms with Gasteiger partial charge in [0.1, 0.15) is 12.3 Å². The summed E-state index contributed by atoms with van der Waals surface area (Å²) in [5.74, 6) is 0.435. The summed E-state index contributed by atoms with van der Waals surface area (Å²) < 4.78 is 7.53. The maximum Gasteiger partial charge on any atom is 0.277 e. The van der Waals surface area contributed by atoms with Crippen LogP contribution in [0.2, 0.25) is 0 Å². The quantitative estimate of drug-likeness (QED) is 0.721. The third-order valence-electron chi connectivity index (χ3n) is 4.62. The van der Waals surface area contributed by atoms with Crippen LogP contribution >= 0.6 is 0 Å². The molecule has 26 heavy (non-hydrogen) atoms. The first-order chi connectivity index (χ1) is 12.6. The molecule has 5 heteroatoms. The van der Waals surface area contributed by atoms with Gasteiger partial charge >= 0.3 is 0 Å². The van der Waals surface area contributed by atoms with Gasteiger partial charge in [0, 0.05) is 11.8 Å². The Morgan fingerprint density at radius 1 is 1.12 bits per heavy atom. The Labute approximate surface area is 152 Å². The van der Waals surface area contributed by atoms with E-state index in [-0.39, 0.29) is 11.9 Å². The summed E-state index contributed by atoms with van der Waals surface area (Å²) >= 11 is 0. The molecule has 1 atom stereocenters. The van der Waals surface area contributed by atoms with Gasteiger partial charge in [-0.25, -0.2) is 0 Å². The summed E-state index contributed by atoms with van der Waals surface area (Å²) in [5.41, 5.74) is 3.71. The van der Waals surface area contributed by atoms with Crippen LogP contribution in [-0.2, 0) is 13.2 Å². The first kappa shape index (κ1) is 16.4. The van der Waals surface area contributed by atoms with Crippen LogP contribution < -0.4 is 9.64 Å². The molecule has 0 unspecified atom stereocenters. The summed E-state index contributed by atoms with van der Waals surface area (Å²) in [6, 6.07) is 19.7. The first-order valence-electron chi connectivity index (χ1n) is 8.76. The highest BCUT2D eigenvalue weighted by Gasteiger charge is 2.32. The van der Waals surface area contributed by atoms with E-state index in [1.807, 2.05) is 73.3 Å². The van der Waals surface area contributed by atoms with Crippen LogP contribution in [0.25, 0.3) is 0 Å². The van der Waals surface area contributed by atoms with Crippen LogP contribution in [0, 0.1) is 6.92 Å². The van der Waals surface area contributed by atoms with Crippen molar-refractivity contribution >= 4 is 11.6 Å². The number of nitrogens with zero attached hydrogens (tertiary/aromatic N) is 3. The smallest absolute Gasteiger partial charge is 0.277 e. The van der Waals surface area contributed by atoms with E-state index in [2.05, 4.69) is 5.10 Å². The number of ether oxygens (including phenoxy) is 1. The minimum Gasteiger partial charge on any atom is -0.472 e. The number of hydrogen-bond acceptors (Lipinski definition) is 3. The summed E-state index contributed by atoms with van der Waals surface area (Å²) in [6.45, 7) is 5.15. The zero-order valence-corrected chi connectivity index (χ0v) is 14.9. The minimum absolute atomic E-state index is 0.0274. The number of aromatic nitrogens is 2. The van der Waals surface area contributed by atoms with Gasteiger partial charge in [0.15, 0.2) is 0 Å². The highest BCUT2D eigenvalue weighted by Crippen LogP contribution is 2.27. The van der Waals surface area contributed by atoms with E-state index in [0.717, 1.165) is 11.3 Å². The molecule has 2 aromatic carbocycles. The lowest BCUT2D eigenvalue weighted by atomic mass is 10.1. The number of hydrogen-bond donors (Lipinski definition) is 0. The lowest BCUT2D eigenvalue weighted by molar-refractivity contribution is 0.0947. The van der Waals surface area contributed by atoms with Crippen molar-refractivity contribution in [3.05, 3.63) is 77.5 Å². The number of anilines is 1. The second kappa shape index (κ2) is 6.67. The zero-order valence-electron chi connectivity index (χ0n) is 14.9. The molecule has 0 aliphatic carbocycles. The molecule has 1 aromatic heterocycles. The molecule has 0 fully saturated rings. The number of aryl methyl sites for hydroxylation is 1. The normalized spacial score (nSPS) is 16.5. The van der Waals surface area contributed by atoms with Crippen molar-refractivity contribution in [2.45, 2.75) is 33.0 Å². The average Bonchev–Trinajstić information content (AvgIpc) is 3.05. The SMILES string of the molecule is Cc1ccc(N2C(=O)c3cc(OCc4ccccc4)nn3C[C@H]2C)cc1. The van der Waals surface area contributed by atoms with Crippen LogP contribution in [-0.4, -0.2) is 21.7 Å². The van der Waals surface area contributed by atoms with Gasteiger partial charge in [-0.3, -0.25) is 9.48 Å². The minimum atomic E-state index is -0.0466. The van der Waals surface area contributed by atoms with Gasteiger partial charge in [0.05, 0.1) is 12.6 Å². The van der Waals surface area contributed by atoms with Crippen LogP contribution in [0.1, 0.15) is 28.5 Å². The highest BCUT2D eigenvalue weighted by molar-refractivity contribution is 6.06. The van der Waals surface area contributed by atoms with Gasteiger partial charge in [-0.15, -0.1) is 5.10 Å². The number of fused-ring (bicyclic) bond motifs is 1. The number of rotatable bonds is 4. The van der Waals surface area contributed by atoms with Crippen LogP contribution in [0.15, 0.2) is 60.7 Å². The molecule has 0 saturated heterocycles. The van der Waals surface area contributed by atoms with Gasteiger partial charge in [0.2, 0.25) is 5.88 Å². The van der Waals surface area contributed by atoms with Crippen LogP contribution in [0.3, 0.4) is 0 Å². The summed E-state index contributed by atoms with van der Waals surface area (Å²) in [7, 11) is 0. The highest BCUT2D eigenvalue weighted by atomic mass is 16.5. The third-order valence-corrected chi connectivity index (χ3v) is 4.62. The fourth-order valence-corrected chi connectivity index (χ4v) is 3.24. The molecule has 2 heterocycles. The van der Waals surface area contributed by atoms with Crippen molar-refractivity contribution in [2.24, 2.45) is 0 Å². The van der Waals surface area contributed by atoms with Gasteiger partial charge in [-0.1, -0.05) is 48.0 Å². The molecule has 1 amide bonds. The molecule has 0 N–H and O–H groups in total. The van der Waals surface area contributed by atoms with Crippen LogP contribution in [0.5, 0.6) is 5.88 Å². The van der Waals surface area contributed by atoms with E-state index < -0.39 is 0 Å². The summed E-state index contributed by atoms with van der Waals surface area (Å²) in [5, 5.41) is 4.46. The Morgan fingerprint density at radius 3 is 2.58 bits per heavy atom. The molecule has 0 bridgehead atoms. The van der Waals surface area contributed by atoms with Gasteiger partial charge in [-0.05, 0) is 31.5 Å². The predicted molar refractivity (Wildman–Crippen MR) is 100 cm³/mol. The number of benzene rings is 2. The average molecular weight is 347 g/mol. The fraction of sp³-hybridized carbons (Fsp3) is 0.238. The van der Waals surface area contributed by atoms with Crippen molar-refractivity contribution < 1.29 is 9.53 Å². The molecule has 0 spiro atoms. The summed E-state index contributed by atoms with van der Waals surface area (Å²) in [6.07, 6.45) is 0. The van der Waals surface area contributed by atoms with E-state index in [4.69, 9.17) is 4.74 Å². The van der Waals surface area contributed by atoms with Crippen LogP contribution in [0.4, 0.5) is 5.69 Å².